The highest BCUT2D eigenvalue weighted by Crippen LogP contribution is 2.29. The molecule has 0 radical (unpaired) electrons. The monoisotopic (exact) mass is 320 g/mol. The van der Waals surface area contributed by atoms with E-state index in [1.807, 2.05) is 0 Å². The predicted molar refractivity (Wildman–Crippen MR) is 84.4 cm³/mol. The minimum atomic E-state index is -0.869. The maximum atomic E-state index is 12.2. The first kappa shape index (κ1) is 17.2. The molecule has 0 saturated heterocycles. The lowest BCUT2D eigenvalue weighted by Crippen LogP contribution is -2.47. The summed E-state index contributed by atoms with van der Waals surface area (Å²) in [6, 6.07) is 2.86. The van der Waals surface area contributed by atoms with Gasteiger partial charge in [-0.3, -0.25) is 4.79 Å². The van der Waals surface area contributed by atoms with Crippen molar-refractivity contribution in [3.8, 4) is 0 Å². The Morgan fingerprint density at radius 2 is 1.96 bits per heavy atom. The van der Waals surface area contributed by atoms with E-state index in [1.165, 1.54) is 30.9 Å². The van der Waals surface area contributed by atoms with Crippen molar-refractivity contribution in [3.63, 3.8) is 0 Å². The van der Waals surface area contributed by atoms with Gasteiger partial charge in [-0.25, -0.2) is 4.79 Å². The molecule has 0 aromatic carbocycles. The van der Waals surface area contributed by atoms with Crippen LogP contribution in [0.2, 0.25) is 0 Å². The predicted octanol–water partition coefficient (Wildman–Crippen LogP) is 1.81. The second-order valence-electron chi connectivity index (χ2n) is 6.38. The fraction of sp³-hybridized carbons (Fsp3) is 0.588. The van der Waals surface area contributed by atoms with E-state index < -0.39 is 12.1 Å². The SMILES string of the molecule is C[C@@H]1[C@@H](C)CCC[C@H]1NC(=O)[C@H](C)OC(=O)c1cc[n+]([O-])cc1. The van der Waals surface area contributed by atoms with E-state index in [9.17, 15) is 14.8 Å². The van der Waals surface area contributed by atoms with Crippen LogP contribution in [-0.4, -0.2) is 24.0 Å². The maximum Gasteiger partial charge on any atom is 0.339 e. The summed E-state index contributed by atoms with van der Waals surface area (Å²) in [5.74, 6) is 0.102. The van der Waals surface area contributed by atoms with Crippen molar-refractivity contribution in [3.05, 3.63) is 35.3 Å². The van der Waals surface area contributed by atoms with Gasteiger partial charge < -0.3 is 15.3 Å². The fourth-order valence-corrected chi connectivity index (χ4v) is 2.92. The number of nitrogens with one attached hydrogen (secondary N) is 1. The van der Waals surface area contributed by atoms with Crippen LogP contribution in [0.15, 0.2) is 24.5 Å². The number of aromatic nitrogens is 1. The number of carbonyl (C=O) groups excluding carboxylic acids is 2. The third kappa shape index (κ3) is 4.43. The number of esters is 1. The molecule has 4 atom stereocenters. The molecule has 23 heavy (non-hydrogen) atoms. The van der Waals surface area contributed by atoms with E-state index in [0.29, 0.717) is 16.6 Å². The van der Waals surface area contributed by atoms with Gasteiger partial charge in [0.05, 0.1) is 5.56 Å². The summed E-state index contributed by atoms with van der Waals surface area (Å²) in [4.78, 5) is 24.2. The Hall–Kier alpha value is -2.11. The van der Waals surface area contributed by atoms with Gasteiger partial charge in [-0.2, -0.15) is 4.73 Å². The first-order chi connectivity index (χ1) is 10.9. The minimum Gasteiger partial charge on any atom is -0.619 e. The highest BCUT2D eigenvalue weighted by Gasteiger charge is 2.30. The number of ether oxygens (including phenoxy) is 1. The van der Waals surface area contributed by atoms with Gasteiger partial charge in [-0.15, -0.1) is 0 Å². The van der Waals surface area contributed by atoms with Crippen LogP contribution in [0.25, 0.3) is 0 Å². The fourth-order valence-electron chi connectivity index (χ4n) is 2.92. The molecule has 0 bridgehead atoms. The molecule has 1 N–H and O–H groups in total. The number of amides is 1. The standard InChI is InChI=1S/C17H24N2O4/c1-11-5-4-6-15(12(11)2)18-16(20)13(3)23-17(21)14-7-9-19(22)10-8-14/h7-13,15H,4-6H2,1-3H3,(H,18,20)/t11-,12+,13-,15+/m0/s1. The number of hydrogen-bond acceptors (Lipinski definition) is 4. The van der Waals surface area contributed by atoms with Crippen molar-refractivity contribution in [1.29, 1.82) is 0 Å². The summed E-state index contributed by atoms with van der Waals surface area (Å²) in [5, 5.41) is 13.9. The van der Waals surface area contributed by atoms with Crippen molar-refractivity contribution < 1.29 is 19.1 Å². The Morgan fingerprint density at radius 1 is 1.30 bits per heavy atom. The molecule has 1 aromatic heterocycles. The molecular formula is C17H24N2O4. The number of carbonyl (C=O) groups is 2. The summed E-state index contributed by atoms with van der Waals surface area (Å²) < 4.78 is 5.76. The van der Waals surface area contributed by atoms with E-state index in [0.717, 1.165) is 12.8 Å². The zero-order chi connectivity index (χ0) is 17.0. The summed E-state index contributed by atoms with van der Waals surface area (Å²) in [6.45, 7) is 5.90. The average molecular weight is 320 g/mol. The molecule has 1 saturated carbocycles. The second kappa shape index (κ2) is 7.44. The summed E-state index contributed by atoms with van der Waals surface area (Å²) in [7, 11) is 0. The molecule has 6 heteroatoms. The Balaban J connectivity index is 1.89. The largest absolute Gasteiger partial charge is 0.619 e. The van der Waals surface area contributed by atoms with Crippen molar-refractivity contribution in [2.45, 2.75) is 52.2 Å². The first-order valence-corrected chi connectivity index (χ1v) is 8.08. The lowest BCUT2D eigenvalue weighted by Gasteiger charge is -2.35. The number of nitrogens with zero attached hydrogens (tertiary/aromatic N) is 1. The molecule has 1 heterocycles. The molecule has 1 amide bonds. The van der Waals surface area contributed by atoms with Crippen molar-refractivity contribution >= 4 is 11.9 Å². The summed E-state index contributed by atoms with van der Waals surface area (Å²) in [6.07, 6.45) is 4.81. The van der Waals surface area contributed by atoms with Gasteiger partial charge in [0.1, 0.15) is 0 Å². The smallest absolute Gasteiger partial charge is 0.339 e. The molecule has 2 rings (SSSR count). The average Bonchev–Trinajstić information content (AvgIpc) is 2.52. The molecule has 1 aliphatic rings. The van der Waals surface area contributed by atoms with Gasteiger partial charge in [0.25, 0.3) is 5.91 Å². The van der Waals surface area contributed by atoms with Gasteiger partial charge in [0, 0.05) is 18.2 Å². The lowest BCUT2D eigenvalue weighted by atomic mass is 9.78. The zero-order valence-electron chi connectivity index (χ0n) is 13.8. The molecule has 1 aromatic rings. The van der Waals surface area contributed by atoms with E-state index in [2.05, 4.69) is 19.2 Å². The summed E-state index contributed by atoms with van der Waals surface area (Å²) >= 11 is 0. The van der Waals surface area contributed by atoms with Crippen LogP contribution < -0.4 is 10.0 Å². The molecule has 6 nitrogen and oxygen atoms in total. The quantitative estimate of drug-likeness (QED) is 0.521. The molecule has 0 aliphatic heterocycles. The van der Waals surface area contributed by atoms with Gasteiger partial charge in [-0.05, 0) is 25.2 Å². The Labute approximate surface area is 136 Å². The lowest BCUT2D eigenvalue weighted by molar-refractivity contribution is -0.605. The highest BCUT2D eigenvalue weighted by atomic mass is 16.5. The van der Waals surface area contributed by atoms with Crippen LogP contribution >= 0.6 is 0 Å². The zero-order valence-corrected chi connectivity index (χ0v) is 13.8. The maximum absolute atomic E-state index is 12.2. The Bertz CT molecular complexity index is 558. The Kier molecular flexibility index (Phi) is 5.58. The molecule has 1 fully saturated rings. The second-order valence-corrected chi connectivity index (χ2v) is 6.38. The summed E-state index contributed by atoms with van der Waals surface area (Å²) in [5.41, 5.74) is 0.247. The van der Waals surface area contributed by atoms with Crippen molar-refractivity contribution in [2.24, 2.45) is 11.8 Å². The molecule has 126 valence electrons. The van der Waals surface area contributed by atoms with Crippen LogP contribution in [0.4, 0.5) is 0 Å². The normalized spacial score (nSPS) is 25.4. The van der Waals surface area contributed by atoms with Gasteiger partial charge in [0.2, 0.25) is 0 Å². The minimum absolute atomic E-state index is 0.128. The van der Waals surface area contributed by atoms with E-state index >= 15 is 0 Å². The van der Waals surface area contributed by atoms with E-state index in [-0.39, 0.29) is 17.5 Å². The molecule has 1 aliphatic carbocycles. The van der Waals surface area contributed by atoms with Gasteiger partial charge >= 0.3 is 5.97 Å². The molecule has 0 spiro atoms. The number of rotatable bonds is 4. The van der Waals surface area contributed by atoms with Crippen LogP contribution in [0.5, 0.6) is 0 Å². The highest BCUT2D eigenvalue weighted by molar-refractivity contribution is 5.92. The van der Waals surface area contributed by atoms with Gasteiger partial charge in [0.15, 0.2) is 18.5 Å². The third-order valence-corrected chi connectivity index (χ3v) is 4.73. The molecule has 0 unspecified atom stereocenters. The van der Waals surface area contributed by atoms with E-state index in [4.69, 9.17) is 4.74 Å². The molecular weight excluding hydrogens is 296 g/mol. The third-order valence-electron chi connectivity index (χ3n) is 4.73. The van der Waals surface area contributed by atoms with Gasteiger partial charge in [-0.1, -0.05) is 26.7 Å². The number of hydrogen-bond donors (Lipinski definition) is 1. The van der Waals surface area contributed by atoms with Crippen LogP contribution in [-0.2, 0) is 9.53 Å². The topological polar surface area (TPSA) is 82.3 Å². The van der Waals surface area contributed by atoms with Crippen LogP contribution in [0.1, 0.15) is 50.4 Å². The first-order valence-electron chi connectivity index (χ1n) is 8.08. The van der Waals surface area contributed by atoms with Crippen LogP contribution in [0.3, 0.4) is 0 Å². The number of pyridine rings is 1. The van der Waals surface area contributed by atoms with Crippen molar-refractivity contribution in [1.82, 2.24) is 5.32 Å². The van der Waals surface area contributed by atoms with Crippen LogP contribution in [0, 0.1) is 17.0 Å². The van der Waals surface area contributed by atoms with E-state index in [1.54, 1.807) is 6.92 Å². The van der Waals surface area contributed by atoms with Crippen molar-refractivity contribution in [2.75, 3.05) is 0 Å². The Morgan fingerprint density at radius 3 is 2.61 bits per heavy atom.